The van der Waals surface area contributed by atoms with Crippen molar-refractivity contribution in [3.63, 3.8) is 0 Å². The molecule has 0 radical (unpaired) electrons. The predicted octanol–water partition coefficient (Wildman–Crippen LogP) is 7.33. The van der Waals surface area contributed by atoms with Crippen molar-refractivity contribution in [3.8, 4) is 11.5 Å². The van der Waals surface area contributed by atoms with E-state index in [4.69, 9.17) is 21.1 Å². The minimum atomic E-state index is -0.0414. The molecule has 3 aromatic carbocycles. The Morgan fingerprint density at radius 3 is 2.25 bits per heavy atom. The lowest BCUT2D eigenvalue weighted by Crippen LogP contribution is -2.27. The average Bonchev–Trinajstić information content (AvgIpc) is 2.69. The van der Waals surface area contributed by atoms with Gasteiger partial charge in [-0.15, -0.1) is 0 Å². The molecular weight excluding hydrogens is 368 g/mol. The summed E-state index contributed by atoms with van der Waals surface area (Å²) in [4.78, 5) is 0. The second kappa shape index (κ2) is 9.27. The van der Waals surface area contributed by atoms with Crippen LogP contribution in [-0.4, -0.2) is 6.61 Å². The largest absolute Gasteiger partial charge is 0.457 e. The van der Waals surface area contributed by atoms with Crippen LogP contribution in [0.15, 0.2) is 72.8 Å². The molecule has 0 saturated heterocycles. The third-order valence-electron chi connectivity index (χ3n) is 5.13. The number of hydrogen-bond acceptors (Lipinski definition) is 2. The topological polar surface area (TPSA) is 18.5 Å². The van der Waals surface area contributed by atoms with Crippen molar-refractivity contribution in [2.24, 2.45) is 0 Å². The van der Waals surface area contributed by atoms with Gasteiger partial charge in [-0.05, 0) is 66.4 Å². The molecule has 0 saturated carbocycles. The van der Waals surface area contributed by atoms with Gasteiger partial charge in [0, 0.05) is 10.4 Å². The SMILES string of the molecule is CCC(C)(COCc1cccc(Oc2cccc(C)c2)c1)c1ccc(Cl)cc1. The molecule has 0 aliphatic rings. The summed E-state index contributed by atoms with van der Waals surface area (Å²) in [6.45, 7) is 7.67. The quantitative estimate of drug-likeness (QED) is 0.398. The Morgan fingerprint density at radius 2 is 1.57 bits per heavy atom. The van der Waals surface area contributed by atoms with Gasteiger partial charge in [0.05, 0.1) is 13.2 Å². The number of ether oxygens (including phenoxy) is 2. The molecule has 3 rings (SSSR count). The van der Waals surface area contributed by atoms with Gasteiger partial charge >= 0.3 is 0 Å². The molecule has 1 unspecified atom stereocenters. The highest BCUT2D eigenvalue weighted by atomic mass is 35.5. The molecule has 0 bridgehead atoms. The number of hydrogen-bond donors (Lipinski definition) is 0. The van der Waals surface area contributed by atoms with E-state index in [2.05, 4.69) is 45.0 Å². The molecule has 146 valence electrons. The van der Waals surface area contributed by atoms with Crippen LogP contribution in [0.1, 0.15) is 37.0 Å². The van der Waals surface area contributed by atoms with Gasteiger partial charge in [-0.1, -0.05) is 61.8 Å². The van der Waals surface area contributed by atoms with Crippen LogP contribution in [0.5, 0.6) is 11.5 Å². The summed E-state index contributed by atoms with van der Waals surface area (Å²) < 4.78 is 12.1. The van der Waals surface area contributed by atoms with Crippen molar-refractivity contribution in [3.05, 3.63) is 94.5 Å². The summed E-state index contributed by atoms with van der Waals surface area (Å²) in [5.41, 5.74) is 3.48. The Morgan fingerprint density at radius 1 is 0.893 bits per heavy atom. The number of benzene rings is 3. The summed E-state index contributed by atoms with van der Waals surface area (Å²) in [6, 6.07) is 24.2. The van der Waals surface area contributed by atoms with E-state index in [0.29, 0.717) is 13.2 Å². The fourth-order valence-corrected chi connectivity index (χ4v) is 3.28. The van der Waals surface area contributed by atoms with Crippen LogP contribution in [0.3, 0.4) is 0 Å². The lowest BCUT2D eigenvalue weighted by Gasteiger charge is -2.29. The molecule has 0 fully saturated rings. The van der Waals surface area contributed by atoms with Crippen LogP contribution in [-0.2, 0) is 16.8 Å². The van der Waals surface area contributed by atoms with Crippen molar-refractivity contribution in [1.82, 2.24) is 0 Å². The third-order valence-corrected chi connectivity index (χ3v) is 5.39. The second-order valence-electron chi connectivity index (χ2n) is 7.48. The van der Waals surface area contributed by atoms with Crippen LogP contribution in [0.25, 0.3) is 0 Å². The minimum Gasteiger partial charge on any atom is -0.457 e. The maximum atomic E-state index is 6.10. The zero-order chi connectivity index (χ0) is 20.0. The standard InChI is InChI=1S/C25H27ClO2/c1-4-25(3,21-11-13-22(26)14-12-21)18-27-17-20-8-6-10-24(16-20)28-23-9-5-7-19(2)15-23/h5-16H,4,17-18H2,1-3H3. The molecule has 0 N–H and O–H groups in total. The van der Waals surface area contributed by atoms with Crippen LogP contribution in [0, 0.1) is 6.92 Å². The molecule has 3 aromatic rings. The molecule has 0 aromatic heterocycles. The summed E-state index contributed by atoms with van der Waals surface area (Å²) in [7, 11) is 0. The lowest BCUT2D eigenvalue weighted by atomic mass is 9.81. The summed E-state index contributed by atoms with van der Waals surface area (Å²) in [6.07, 6.45) is 0.991. The number of halogens is 1. The normalized spacial score (nSPS) is 13.1. The van der Waals surface area contributed by atoms with E-state index in [9.17, 15) is 0 Å². The van der Waals surface area contributed by atoms with Crippen molar-refractivity contribution < 1.29 is 9.47 Å². The maximum absolute atomic E-state index is 6.10. The van der Waals surface area contributed by atoms with E-state index in [-0.39, 0.29) is 5.41 Å². The molecule has 0 heterocycles. The lowest BCUT2D eigenvalue weighted by molar-refractivity contribution is 0.0747. The third kappa shape index (κ3) is 5.37. The molecule has 0 spiro atoms. The van der Waals surface area contributed by atoms with Crippen LogP contribution >= 0.6 is 11.6 Å². The van der Waals surface area contributed by atoms with E-state index in [1.165, 1.54) is 11.1 Å². The van der Waals surface area contributed by atoms with E-state index in [1.54, 1.807) is 0 Å². The summed E-state index contributed by atoms with van der Waals surface area (Å²) >= 11 is 6.03. The van der Waals surface area contributed by atoms with Crippen LogP contribution < -0.4 is 4.74 Å². The van der Waals surface area contributed by atoms with Crippen LogP contribution in [0.4, 0.5) is 0 Å². The molecule has 0 amide bonds. The Bertz CT molecular complexity index is 904. The van der Waals surface area contributed by atoms with E-state index >= 15 is 0 Å². The average molecular weight is 395 g/mol. The van der Waals surface area contributed by atoms with Crippen molar-refractivity contribution in [2.45, 2.75) is 39.2 Å². The molecule has 0 aliphatic carbocycles. The Balaban J connectivity index is 1.62. The van der Waals surface area contributed by atoms with E-state index < -0.39 is 0 Å². The zero-order valence-corrected chi connectivity index (χ0v) is 17.5. The van der Waals surface area contributed by atoms with Gasteiger partial charge in [0.15, 0.2) is 0 Å². The van der Waals surface area contributed by atoms with Gasteiger partial charge < -0.3 is 9.47 Å². The smallest absolute Gasteiger partial charge is 0.127 e. The molecule has 3 heteroatoms. The molecule has 0 aliphatic heterocycles. The Labute approximate surface area is 173 Å². The first kappa shape index (κ1) is 20.4. The fraction of sp³-hybridized carbons (Fsp3) is 0.280. The highest BCUT2D eigenvalue weighted by Crippen LogP contribution is 2.29. The Hall–Kier alpha value is -2.29. The summed E-state index contributed by atoms with van der Waals surface area (Å²) in [5, 5.41) is 0.758. The zero-order valence-electron chi connectivity index (χ0n) is 16.7. The van der Waals surface area contributed by atoms with Gasteiger partial charge in [-0.25, -0.2) is 0 Å². The van der Waals surface area contributed by atoms with E-state index in [0.717, 1.165) is 28.5 Å². The van der Waals surface area contributed by atoms with Crippen molar-refractivity contribution >= 4 is 11.6 Å². The van der Waals surface area contributed by atoms with Crippen molar-refractivity contribution in [1.29, 1.82) is 0 Å². The monoisotopic (exact) mass is 394 g/mol. The van der Waals surface area contributed by atoms with Gasteiger partial charge in [-0.2, -0.15) is 0 Å². The first-order valence-corrected chi connectivity index (χ1v) is 10.0. The molecular formula is C25H27ClO2. The number of aryl methyl sites for hydroxylation is 1. The molecule has 28 heavy (non-hydrogen) atoms. The van der Waals surface area contributed by atoms with Gasteiger partial charge in [0.1, 0.15) is 11.5 Å². The van der Waals surface area contributed by atoms with Gasteiger partial charge in [0.25, 0.3) is 0 Å². The van der Waals surface area contributed by atoms with Gasteiger partial charge in [0.2, 0.25) is 0 Å². The predicted molar refractivity (Wildman–Crippen MR) is 116 cm³/mol. The van der Waals surface area contributed by atoms with Crippen molar-refractivity contribution in [2.75, 3.05) is 6.61 Å². The highest BCUT2D eigenvalue weighted by molar-refractivity contribution is 6.30. The minimum absolute atomic E-state index is 0.0414. The Kier molecular flexibility index (Phi) is 6.77. The number of rotatable bonds is 8. The maximum Gasteiger partial charge on any atom is 0.127 e. The first-order valence-electron chi connectivity index (χ1n) is 9.66. The fourth-order valence-electron chi connectivity index (χ4n) is 3.15. The molecule has 1 atom stereocenters. The van der Waals surface area contributed by atoms with Gasteiger partial charge in [-0.3, -0.25) is 0 Å². The highest BCUT2D eigenvalue weighted by Gasteiger charge is 2.24. The molecule has 2 nitrogen and oxygen atoms in total. The second-order valence-corrected chi connectivity index (χ2v) is 7.92. The van der Waals surface area contributed by atoms with Crippen LogP contribution in [0.2, 0.25) is 5.02 Å². The first-order chi connectivity index (χ1) is 13.5. The van der Waals surface area contributed by atoms with E-state index in [1.807, 2.05) is 48.5 Å². The summed E-state index contributed by atoms with van der Waals surface area (Å²) in [5.74, 6) is 1.67.